The molecule has 2 aromatic rings. The maximum atomic E-state index is 13.7. The van der Waals surface area contributed by atoms with Gasteiger partial charge in [0.1, 0.15) is 5.82 Å². The number of hydrogen-bond donors (Lipinski definition) is 1. The second-order valence-corrected chi connectivity index (χ2v) is 5.06. The van der Waals surface area contributed by atoms with Gasteiger partial charge in [0.2, 0.25) is 0 Å². The number of thiophene rings is 1. The van der Waals surface area contributed by atoms with Gasteiger partial charge >= 0.3 is 0 Å². The van der Waals surface area contributed by atoms with Crippen LogP contribution in [0.25, 0.3) is 0 Å². The van der Waals surface area contributed by atoms with Gasteiger partial charge in [-0.15, -0.1) is 11.3 Å². The van der Waals surface area contributed by atoms with Gasteiger partial charge in [-0.25, -0.2) is 4.39 Å². The molecule has 0 bridgehead atoms. The zero-order chi connectivity index (χ0) is 11.7. The number of benzene rings is 1. The van der Waals surface area contributed by atoms with E-state index >= 15 is 0 Å². The van der Waals surface area contributed by atoms with Crippen LogP contribution in [0.4, 0.5) is 4.39 Å². The summed E-state index contributed by atoms with van der Waals surface area (Å²) in [5.41, 5.74) is 8.56. The summed E-state index contributed by atoms with van der Waals surface area (Å²) < 4.78 is 13.7. The molecule has 16 heavy (non-hydrogen) atoms. The van der Waals surface area contributed by atoms with Crippen LogP contribution in [0.5, 0.6) is 0 Å². The Bertz CT molecular complexity index is 504. The van der Waals surface area contributed by atoms with Gasteiger partial charge in [0.15, 0.2) is 0 Å². The van der Waals surface area contributed by atoms with Crippen molar-refractivity contribution >= 4 is 11.3 Å². The van der Waals surface area contributed by atoms with Crippen molar-refractivity contribution in [2.24, 2.45) is 5.73 Å². The average Bonchev–Trinajstić information content (AvgIpc) is 2.63. The molecule has 0 aliphatic carbocycles. The summed E-state index contributed by atoms with van der Waals surface area (Å²) >= 11 is 1.63. The molecule has 1 nitrogen and oxygen atoms in total. The number of aryl methyl sites for hydroxylation is 2. The molecule has 2 N–H and O–H groups in total. The quantitative estimate of drug-likeness (QED) is 0.846. The fraction of sp³-hybridized carbons (Fsp3) is 0.231. The van der Waals surface area contributed by atoms with Gasteiger partial charge in [0.05, 0.1) is 6.04 Å². The van der Waals surface area contributed by atoms with E-state index in [-0.39, 0.29) is 11.9 Å². The van der Waals surface area contributed by atoms with E-state index < -0.39 is 0 Å². The number of nitrogens with two attached hydrogens (primary N) is 1. The van der Waals surface area contributed by atoms with Crippen molar-refractivity contribution in [3.63, 3.8) is 0 Å². The van der Waals surface area contributed by atoms with Crippen LogP contribution in [0.2, 0.25) is 0 Å². The van der Waals surface area contributed by atoms with Gasteiger partial charge in [-0.2, -0.15) is 0 Å². The standard InChI is InChI=1S/C13H14FNS/c1-8-3-4-11(12(14)7-8)13(15)10-5-6-16-9(10)2/h3-7,13H,15H2,1-2H3. The van der Waals surface area contributed by atoms with Gasteiger partial charge < -0.3 is 5.73 Å². The van der Waals surface area contributed by atoms with E-state index in [2.05, 4.69) is 0 Å². The molecule has 1 aromatic carbocycles. The molecular weight excluding hydrogens is 221 g/mol. The Morgan fingerprint density at radius 1 is 1.19 bits per heavy atom. The normalized spacial score (nSPS) is 12.8. The number of halogens is 1. The van der Waals surface area contributed by atoms with E-state index in [1.807, 2.05) is 31.4 Å². The summed E-state index contributed by atoms with van der Waals surface area (Å²) in [6.07, 6.45) is 0. The molecule has 0 radical (unpaired) electrons. The fourth-order valence-electron chi connectivity index (χ4n) is 1.77. The highest BCUT2D eigenvalue weighted by Crippen LogP contribution is 2.27. The van der Waals surface area contributed by atoms with Gasteiger partial charge in [-0.1, -0.05) is 12.1 Å². The van der Waals surface area contributed by atoms with Crippen LogP contribution in [0.15, 0.2) is 29.6 Å². The van der Waals surface area contributed by atoms with E-state index in [1.54, 1.807) is 17.4 Å². The maximum Gasteiger partial charge on any atom is 0.128 e. The third-order valence-corrected chi connectivity index (χ3v) is 3.59. The van der Waals surface area contributed by atoms with Crippen molar-refractivity contribution in [3.05, 3.63) is 57.0 Å². The Kier molecular flexibility index (Phi) is 3.08. The molecule has 1 unspecified atom stereocenters. The van der Waals surface area contributed by atoms with Gasteiger partial charge in [-0.05, 0) is 42.5 Å². The van der Waals surface area contributed by atoms with Crippen LogP contribution in [0, 0.1) is 19.7 Å². The molecule has 0 spiro atoms. The first-order valence-corrected chi connectivity index (χ1v) is 6.03. The molecule has 0 saturated carbocycles. The molecule has 3 heteroatoms. The third kappa shape index (κ3) is 2.01. The number of hydrogen-bond acceptors (Lipinski definition) is 2. The molecule has 1 heterocycles. The Balaban J connectivity index is 2.41. The van der Waals surface area contributed by atoms with Crippen LogP contribution in [0.1, 0.15) is 27.6 Å². The predicted molar refractivity (Wildman–Crippen MR) is 66.2 cm³/mol. The van der Waals surface area contributed by atoms with Crippen LogP contribution in [0.3, 0.4) is 0 Å². The van der Waals surface area contributed by atoms with Crippen LogP contribution >= 0.6 is 11.3 Å². The minimum Gasteiger partial charge on any atom is -0.320 e. The first-order valence-electron chi connectivity index (χ1n) is 5.15. The highest BCUT2D eigenvalue weighted by atomic mass is 32.1. The first kappa shape index (κ1) is 11.3. The Hall–Kier alpha value is -1.19. The van der Waals surface area contributed by atoms with E-state index in [0.717, 1.165) is 16.0 Å². The lowest BCUT2D eigenvalue weighted by atomic mass is 9.99. The molecule has 0 saturated heterocycles. The summed E-state index contributed by atoms with van der Waals surface area (Å²) in [5.74, 6) is -0.224. The maximum absolute atomic E-state index is 13.7. The van der Waals surface area contributed by atoms with E-state index in [4.69, 9.17) is 5.73 Å². The molecule has 0 amide bonds. The van der Waals surface area contributed by atoms with Crippen molar-refractivity contribution < 1.29 is 4.39 Å². The lowest BCUT2D eigenvalue weighted by Gasteiger charge is -2.13. The van der Waals surface area contributed by atoms with E-state index in [9.17, 15) is 4.39 Å². The predicted octanol–water partition coefficient (Wildman–Crippen LogP) is 3.55. The summed E-state index contributed by atoms with van der Waals surface area (Å²) in [6.45, 7) is 3.88. The summed E-state index contributed by atoms with van der Waals surface area (Å²) in [4.78, 5) is 1.15. The zero-order valence-electron chi connectivity index (χ0n) is 9.33. The van der Waals surface area contributed by atoms with Crippen molar-refractivity contribution in [1.29, 1.82) is 0 Å². The summed E-state index contributed by atoms with van der Waals surface area (Å²) in [5, 5.41) is 1.98. The Morgan fingerprint density at radius 2 is 1.94 bits per heavy atom. The Morgan fingerprint density at radius 3 is 2.50 bits per heavy atom. The topological polar surface area (TPSA) is 26.0 Å². The highest BCUT2D eigenvalue weighted by Gasteiger charge is 2.15. The molecule has 0 aliphatic rings. The second kappa shape index (κ2) is 4.36. The highest BCUT2D eigenvalue weighted by molar-refractivity contribution is 7.10. The summed E-state index contributed by atoms with van der Waals surface area (Å²) in [7, 11) is 0. The lowest BCUT2D eigenvalue weighted by Crippen LogP contribution is -2.13. The monoisotopic (exact) mass is 235 g/mol. The smallest absolute Gasteiger partial charge is 0.128 e. The molecule has 1 aromatic heterocycles. The third-order valence-electron chi connectivity index (χ3n) is 2.73. The SMILES string of the molecule is Cc1ccc(C(N)c2ccsc2C)c(F)c1. The van der Waals surface area contributed by atoms with E-state index in [1.165, 1.54) is 6.07 Å². The van der Waals surface area contributed by atoms with Gasteiger partial charge in [0, 0.05) is 10.4 Å². The summed E-state index contributed by atoms with van der Waals surface area (Å²) in [6, 6.07) is 6.78. The van der Waals surface area contributed by atoms with Crippen LogP contribution in [-0.4, -0.2) is 0 Å². The minimum absolute atomic E-state index is 0.224. The molecular formula is C13H14FNS. The molecule has 84 valence electrons. The van der Waals surface area contributed by atoms with Gasteiger partial charge in [0.25, 0.3) is 0 Å². The van der Waals surface area contributed by atoms with Crippen molar-refractivity contribution in [3.8, 4) is 0 Å². The van der Waals surface area contributed by atoms with Crippen molar-refractivity contribution in [2.75, 3.05) is 0 Å². The van der Waals surface area contributed by atoms with Crippen LogP contribution < -0.4 is 5.73 Å². The average molecular weight is 235 g/mol. The molecule has 2 rings (SSSR count). The van der Waals surface area contributed by atoms with Crippen molar-refractivity contribution in [1.82, 2.24) is 0 Å². The van der Waals surface area contributed by atoms with E-state index in [0.29, 0.717) is 5.56 Å². The van der Waals surface area contributed by atoms with Gasteiger partial charge in [-0.3, -0.25) is 0 Å². The van der Waals surface area contributed by atoms with Crippen molar-refractivity contribution in [2.45, 2.75) is 19.9 Å². The zero-order valence-corrected chi connectivity index (χ0v) is 10.1. The first-order chi connectivity index (χ1) is 7.59. The second-order valence-electron chi connectivity index (χ2n) is 3.93. The molecule has 0 fully saturated rings. The lowest BCUT2D eigenvalue weighted by molar-refractivity contribution is 0.598. The molecule has 1 atom stereocenters. The fourth-order valence-corrected chi connectivity index (χ4v) is 2.52. The minimum atomic E-state index is -0.369. The Labute approximate surface area is 98.7 Å². The van der Waals surface area contributed by atoms with Crippen LogP contribution in [-0.2, 0) is 0 Å². The molecule has 0 aliphatic heterocycles. The number of rotatable bonds is 2. The largest absolute Gasteiger partial charge is 0.320 e.